The van der Waals surface area contributed by atoms with Crippen molar-refractivity contribution in [1.29, 1.82) is 0 Å². The molecule has 0 saturated carbocycles. The summed E-state index contributed by atoms with van der Waals surface area (Å²) >= 11 is 7.15. The molecule has 0 aliphatic heterocycles. The number of fused-ring (bicyclic) bond motifs is 1. The lowest BCUT2D eigenvalue weighted by atomic mass is 10.1. The number of aromatic nitrogens is 1. The molecule has 2 aromatic heterocycles. The molecule has 0 atom stereocenters. The molecule has 0 saturated heterocycles. The lowest BCUT2D eigenvalue weighted by Crippen LogP contribution is -2.17. The first-order chi connectivity index (χ1) is 13.4. The first kappa shape index (κ1) is 19.0. The predicted molar refractivity (Wildman–Crippen MR) is 112 cm³/mol. The zero-order chi connectivity index (χ0) is 19.9. The summed E-state index contributed by atoms with van der Waals surface area (Å²) in [4.78, 5) is 0.525. The van der Waals surface area contributed by atoms with Crippen molar-refractivity contribution in [1.82, 2.24) is 4.57 Å². The van der Waals surface area contributed by atoms with Crippen molar-refractivity contribution in [2.75, 3.05) is 0 Å². The van der Waals surface area contributed by atoms with Crippen molar-refractivity contribution < 1.29 is 12.8 Å². The maximum atomic E-state index is 12.7. The minimum Gasteiger partial charge on any atom is -0.461 e. The number of halogens is 1. The number of rotatable bonds is 4. The van der Waals surface area contributed by atoms with Gasteiger partial charge in [-0.3, -0.25) is 0 Å². The highest BCUT2D eigenvalue weighted by Gasteiger charge is 2.18. The fraction of sp³-hybridized carbons (Fsp3) is 0.150. The molecule has 0 unspecified atom stereocenters. The van der Waals surface area contributed by atoms with E-state index in [2.05, 4.69) is 4.40 Å². The van der Waals surface area contributed by atoms with E-state index in [1.165, 1.54) is 23.5 Å². The second-order valence-corrected chi connectivity index (χ2v) is 9.07. The highest BCUT2D eigenvalue weighted by molar-refractivity contribution is 7.90. The number of aryl methyl sites for hydroxylation is 1. The standard InChI is InChI=1S/C20H17ClN2O3S2/c1-3-23-17(19-13(2)26-18-7-5-4-6-16(18)19)12-27-20(23)22-28(24,25)15-10-8-14(21)9-11-15/h4-12H,3H2,1-2H3. The number of para-hydroxylation sites is 1. The number of nitrogens with zero attached hydrogens (tertiary/aromatic N) is 2. The Labute approximate surface area is 171 Å². The molecule has 0 radical (unpaired) electrons. The summed E-state index contributed by atoms with van der Waals surface area (Å²) in [5.41, 5.74) is 2.65. The van der Waals surface area contributed by atoms with Crippen LogP contribution in [0.3, 0.4) is 0 Å². The van der Waals surface area contributed by atoms with E-state index in [1.807, 2.05) is 48.1 Å². The predicted octanol–water partition coefficient (Wildman–Crippen LogP) is 5.23. The van der Waals surface area contributed by atoms with E-state index in [0.717, 1.165) is 28.0 Å². The van der Waals surface area contributed by atoms with Gasteiger partial charge in [0.1, 0.15) is 11.3 Å². The topological polar surface area (TPSA) is 64.6 Å². The Morgan fingerprint density at radius 2 is 1.86 bits per heavy atom. The number of sulfonamides is 1. The van der Waals surface area contributed by atoms with Crippen LogP contribution in [-0.4, -0.2) is 13.0 Å². The third-order valence-electron chi connectivity index (χ3n) is 4.45. The van der Waals surface area contributed by atoms with E-state index < -0.39 is 10.0 Å². The van der Waals surface area contributed by atoms with Gasteiger partial charge in [0.25, 0.3) is 10.0 Å². The Bertz CT molecular complexity index is 1330. The lowest BCUT2D eigenvalue weighted by Gasteiger charge is -2.06. The Kier molecular flexibility index (Phi) is 4.91. The molecule has 0 aliphatic rings. The van der Waals surface area contributed by atoms with Crippen molar-refractivity contribution in [2.24, 2.45) is 4.40 Å². The average Bonchev–Trinajstić information content (AvgIpc) is 3.20. The second-order valence-electron chi connectivity index (χ2n) is 6.20. The quantitative estimate of drug-likeness (QED) is 0.443. The van der Waals surface area contributed by atoms with Gasteiger partial charge in [-0.05, 0) is 44.2 Å². The van der Waals surface area contributed by atoms with Gasteiger partial charge in [0, 0.05) is 27.9 Å². The lowest BCUT2D eigenvalue weighted by molar-refractivity contribution is 0.579. The zero-order valence-corrected chi connectivity index (χ0v) is 17.6. The Morgan fingerprint density at radius 3 is 2.57 bits per heavy atom. The molecule has 0 N–H and O–H groups in total. The maximum Gasteiger partial charge on any atom is 0.285 e. The van der Waals surface area contributed by atoms with Crippen molar-refractivity contribution >= 4 is 43.9 Å². The fourth-order valence-electron chi connectivity index (χ4n) is 3.16. The number of hydrogen-bond acceptors (Lipinski definition) is 4. The van der Waals surface area contributed by atoms with Gasteiger partial charge in [-0.15, -0.1) is 15.7 Å². The van der Waals surface area contributed by atoms with E-state index in [0.29, 0.717) is 16.4 Å². The fourth-order valence-corrected chi connectivity index (χ4v) is 5.46. The Hall–Kier alpha value is -2.35. The molecule has 8 heteroatoms. The highest BCUT2D eigenvalue weighted by atomic mass is 35.5. The molecule has 0 spiro atoms. The van der Waals surface area contributed by atoms with Crippen LogP contribution >= 0.6 is 22.9 Å². The molecule has 0 fully saturated rings. The molecule has 2 aromatic carbocycles. The van der Waals surface area contributed by atoms with Crippen LogP contribution in [0.2, 0.25) is 5.02 Å². The summed E-state index contributed by atoms with van der Waals surface area (Å²) in [6, 6.07) is 13.8. The third kappa shape index (κ3) is 3.30. The summed E-state index contributed by atoms with van der Waals surface area (Å²) in [5.74, 6) is 0.785. The van der Waals surface area contributed by atoms with Crippen LogP contribution in [0.15, 0.2) is 67.6 Å². The molecule has 4 rings (SSSR count). The summed E-state index contributed by atoms with van der Waals surface area (Å²) in [5, 5.41) is 3.39. The zero-order valence-electron chi connectivity index (χ0n) is 15.2. The van der Waals surface area contributed by atoms with Gasteiger partial charge in [-0.25, -0.2) is 0 Å². The Morgan fingerprint density at radius 1 is 1.14 bits per heavy atom. The van der Waals surface area contributed by atoms with Crippen LogP contribution in [0.25, 0.3) is 22.2 Å². The molecule has 2 heterocycles. The van der Waals surface area contributed by atoms with Crippen molar-refractivity contribution in [3.8, 4) is 11.3 Å². The normalized spacial score (nSPS) is 12.8. The van der Waals surface area contributed by atoms with Crippen molar-refractivity contribution in [3.05, 3.63) is 69.5 Å². The molecular weight excluding hydrogens is 416 g/mol. The maximum absolute atomic E-state index is 12.7. The van der Waals surface area contributed by atoms with E-state index in [-0.39, 0.29) is 4.90 Å². The first-order valence-corrected chi connectivity index (χ1v) is 11.3. The summed E-state index contributed by atoms with van der Waals surface area (Å²) in [7, 11) is -3.84. The SMILES string of the molecule is CCn1c(-c2c(C)oc3ccccc23)csc1=NS(=O)(=O)c1ccc(Cl)cc1. The smallest absolute Gasteiger partial charge is 0.285 e. The second kappa shape index (κ2) is 7.24. The molecule has 0 aliphatic carbocycles. The Balaban J connectivity index is 1.90. The third-order valence-corrected chi connectivity index (χ3v) is 6.96. The first-order valence-electron chi connectivity index (χ1n) is 8.64. The summed E-state index contributed by atoms with van der Waals surface area (Å²) in [6.07, 6.45) is 0. The van der Waals surface area contributed by atoms with Gasteiger partial charge in [-0.1, -0.05) is 29.8 Å². The highest BCUT2D eigenvalue weighted by Crippen LogP contribution is 2.34. The van der Waals surface area contributed by atoms with Crippen molar-refractivity contribution in [2.45, 2.75) is 25.3 Å². The van der Waals surface area contributed by atoms with Gasteiger partial charge in [-0.2, -0.15) is 8.42 Å². The van der Waals surface area contributed by atoms with Gasteiger partial charge < -0.3 is 8.98 Å². The molecular formula is C20H17ClN2O3S2. The molecule has 144 valence electrons. The molecule has 5 nitrogen and oxygen atoms in total. The summed E-state index contributed by atoms with van der Waals surface area (Å²) < 4.78 is 37.3. The number of furan rings is 1. The van der Waals surface area contributed by atoms with Gasteiger partial charge >= 0.3 is 0 Å². The van der Waals surface area contributed by atoms with Crippen LogP contribution < -0.4 is 4.80 Å². The van der Waals surface area contributed by atoms with E-state index in [9.17, 15) is 8.42 Å². The van der Waals surface area contributed by atoms with Gasteiger partial charge in [0.05, 0.1) is 10.6 Å². The van der Waals surface area contributed by atoms with Crippen LogP contribution in [0, 0.1) is 6.92 Å². The van der Waals surface area contributed by atoms with E-state index in [1.54, 1.807) is 12.1 Å². The van der Waals surface area contributed by atoms with Crippen LogP contribution in [-0.2, 0) is 16.6 Å². The average molecular weight is 433 g/mol. The molecule has 28 heavy (non-hydrogen) atoms. The van der Waals surface area contributed by atoms with Crippen LogP contribution in [0.5, 0.6) is 0 Å². The number of benzene rings is 2. The number of thiazole rings is 1. The van der Waals surface area contributed by atoms with Gasteiger partial charge in [0.15, 0.2) is 0 Å². The summed E-state index contributed by atoms with van der Waals surface area (Å²) in [6.45, 7) is 4.45. The monoisotopic (exact) mass is 432 g/mol. The van der Waals surface area contributed by atoms with Gasteiger partial charge in [0.2, 0.25) is 4.80 Å². The van der Waals surface area contributed by atoms with Crippen LogP contribution in [0.1, 0.15) is 12.7 Å². The van der Waals surface area contributed by atoms with E-state index >= 15 is 0 Å². The minimum absolute atomic E-state index is 0.111. The molecule has 0 bridgehead atoms. The van der Waals surface area contributed by atoms with Crippen molar-refractivity contribution in [3.63, 3.8) is 0 Å². The van der Waals surface area contributed by atoms with E-state index in [4.69, 9.17) is 16.0 Å². The number of hydrogen-bond donors (Lipinski definition) is 0. The minimum atomic E-state index is -3.84. The van der Waals surface area contributed by atoms with Crippen LogP contribution in [0.4, 0.5) is 0 Å². The largest absolute Gasteiger partial charge is 0.461 e. The molecule has 0 amide bonds. The molecule has 4 aromatic rings.